The van der Waals surface area contributed by atoms with Gasteiger partial charge in [-0.05, 0) is 31.7 Å². The quantitative estimate of drug-likeness (QED) is 0.901. The molecule has 22 heavy (non-hydrogen) atoms. The number of carbonyl (C=O) groups excluding carboxylic acids is 1. The summed E-state index contributed by atoms with van der Waals surface area (Å²) in [5.41, 5.74) is 3.73. The van der Waals surface area contributed by atoms with Crippen molar-refractivity contribution in [2.75, 3.05) is 6.61 Å². The highest BCUT2D eigenvalue weighted by atomic mass is 16.5. The van der Waals surface area contributed by atoms with Gasteiger partial charge in [0, 0.05) is 35.8 Å². The highest BCUT2D eigenvalue weighted by molar-refractivity contribution is 5.94. The number of hydrogen-bond donors (Lipinski definition) is 2. The molecule has 1 aliphatic carbocycles. The minimum Gasteiger partial charge on any atom is -0.371 e. The molecular weight excluding hydrogens is 280 g/mol. The molecule has 6 heteroatoms. The van der Waals surface area contributed by atoms with Crippen LogP contribution >= 0.6 is 0 Å². The van der Waals surface area contributed by atoms with Crippen molar-refractivity contribution in [3.8, 4) is 0 Å². The summed E-state index contributed by atoms with van der Waals surface area (Å²) in [6.07, 6.45) is 7.21. The Morgan fingerprint density at radius 2 is 2.36 bits per heavy atom. The van der Waals surface area contributed by atoms with E-state index in [-0.39, 0.29) is 18.1 Å². The molecule has 0 bridgehead atoms. The molecule has 6 nitrogen and oxygen atoms in total. The standard InChI is InChI=1S/C16H18N4O2/c21-16(14-11-4-1-5-12(11)19-20-14)18-13-6-8-22-15(13)10-3-2-7-17-9-10/h2-3,7,9,13,15H,1,4-6,8H2,(H,18,21)(H,19,20)/t13-,15+/m0/s1. The molecular formula is C16H18N4O2. The number of rotatable bonds is 3. The van der Waals surface area contributed by atoms with Crippen LogP contribution in [0, 0.1) is 0 Å². The molecule has 2 aromatic rings. The van der Waals surface area contributed by atoms with Crippen molar-refractivity contribution in [1.82, 2.24) is 20.5 Å². The van der Waals surface area contributed by atoms with Crippen molar-refractivity contribution >= 4 is 5.91 Å². The van der Waals surface area contributed by atoms with Crippen molar-refractivity contribution < 1.29 is 9.53 Å². The van der Waals surface area contributed by atoms with E-state index in [1.165, 1.54) is 0 Å². The summed E-state index contributed by atoms with van der Waals surface area (Å²) in [6.45, 7) is 0.642. The third-order valence-electron chi connectivity index (χ3n) is 4.44. The molecule has 0 spiro atoms. The minimum absolute atomic E-state index is 0.0366. The van der Waals surface area contributed by atoms with E-state index in [1.54, 1.807) is 12.4 Å². The maximum absolute atomic E-state index is 12.5. The highest BCUT2D eigenvalue weighted by Crippen LogP contribution is 2.29. The number of ether oxygens (including phenoxy) is 1. The molecule has 1 amide bonds. The first-order valence-electron chi connectivity index (χ1n) is 7.71. The van der Waals surface area contributed by atoms with Crippen LogP contribution in [0.4, 0.5) is 0 Å². The number of aromatic nitrogens is 3. The lowest BCUT2D eigenvalue weighted by atomic mass is 10.0. The van der Waals surface area contributed by atoms with E-state index in [0.717, 1.165) is 42.5 Å². The summed E-state index contributed by atoms with van der Waals surface area (Å²) in [5, 5.41) is 10.3. The van der Waals surface area contributed by atoms with Crippen LogP contribution in [-0.4, -0.2) is 33.7 Å². The number of nitrogens with zero attached hydrogens (tertiary/aromatic N) is 2. The molecule has 0 aromatic carbocycles. The van der Waals surface area contributed by atoms with Gasteiger partial charge in [-0.15, -0.1) is 0 Å². The molecule has 0 radical (unpaired) electrons. The van der Waals surface area contributed by atoms with Crippen LogP contribution in [0.3, 0.4) is 0 Å². The summed E-state index contributed by atoms with van der Waals surface area (Å²) >= 11 is 0. The van der Waals surface area contributed by atoms with E-state index >= 15 is 0 Å². The zero-order valence-electron chi connectivity index (χ0n) is 12.2. The number of amides is 1. The van der Waals surface area contributed by atoms with Crippen LogP contribution in [0.2, 0.25) is 0 Å². The Balaban J connectivity index is 1.51. The second-order valence-electron chi connectivity index (χ2n) is 5.83. The third kappa shape index (κ3) is 2.29. The topological polar surface area (TPSA) is 79.9 Å². The number of nitrogens with one attached hydrogen (secondary N) is 2. The SMILES string of the molecule is O=C(N[C@H]1CCO[C@@H]1c1cccnc1)c1n[nH]c2c1CCC2. The van der Waals surface area contributed by atoms with Gasteiger partial charge in [0.1, 0.15) is 6.10 Å². The average Bonchev–Trinajstić information content (AvgIpc) is 3.24. The summed E-state index contributed by atoms with van der Waals surface area (Å²) in [4.78, 5) is 16.7. The average molecular weight is 298 g/mol. The lowest BCUT2D eigenvalue weighted by Crippen LogP contribution is -2.37. The third-order valence-corrected chi connectivity index (χ3v) is 4.44. The van der Waals surface area contributed by atoms with Crippen molar-refractivity contribution in [3.05, 3.63) is 47.0 Å². The first kappa shape index (κ1) is 13.5. The monoisotopic (exact) mass is 298 g/mol. The predicted octanol–water partition coefficient (Wildman–Crippen LogP) is 1.55. The number of carbonyl (C=O) groups is 1. The number of aryl methyl sites for hydroxylation is 1. The molecule has 2 aliphatic rings. The highest BCUT2D eigenvalue weighted by Gasteiger charge is 2.33. The van der Waals surface area contributed by atoms with Gasteiger partial charge in [-0.1, -0.05) is 6.07 Å². The Bertz CT molecular complexity index is 683. The van der Waals surface area contributed by atoms with Gasteiger partial charge in [-0.25, -0.2) is 0 Å². The second-order valence-corrected chi connectivity index (χ2v) is 5.83. The molecule has 2 atom stereocenters. The van der Waals surface area contributed by atoms with Gasteiger partial charge in [0.15, 0.2) is 5.69 Å². The van der Waals surface area contributed by atoms with E-state index < -0.39 is 0 Å². The molecule has 0 saturated carbocycles. The molecule has 1 saturated heterocycles. The lowest BCUT2D eigenvalue weighted by molar-refractivity contribution is 0.0816. The molecule has 114 valence electrons. The molecule has 4 rings (SSSR count). The van der Waals surface area contributed by atoms with Gasteiger partial charge in [0.25, 0.3) is 5.91 Å². The van der Waals surface area contributed by atoms with E-state index in [1.807, 2.05) is 12.1 Å². The van der Waals surface area contributed by atoms with Crippen LogP contribution < -0.4 is 5.32 Å². The Kier molecular flexibility index (Phi) is 3.38. The van der Waals surface area contributed by atoms with Gasteiger partial charge >= 0.3 is 0 Å². The van der Waals surface area contributed by atoms with Gasteiger partial charge < -0.3 is 10.1 Å². The summed E-state index contributed by atoms with van der Waals surface area (Å²) in [6, 6.07) is 3.83. The maximum Gasteiger partial charge on any atom is 0.272 e. The lowest BCUT2D eigenvalue weighted by Gasteiger charge is -2.19. The summed E-state index contributed by atoms with van der Waals surface area (Å²) in [5.74, 6) is -0.108. The van der Waals surface area contributed by atoms with Gasteiger partial charge in [-0.2, -0.15) is 5.10 Å². The van der Waals surface area contributed by atoms with Crippen molar-refractivity contribution in [1.29, 1.82) is 0 Å². The van der Waals surface area contributed by atoms with Crippen LogP contribution in [0.5, 0.6) is 0 Å². The predicted molar refractivity (Wildman–Crippen MR) is 79.4 cm³/mol. The molecule has 3 heterocycles. The number of fused-ring (bicyclic) bond motifs is 1. The molecule has 2 aromatic heterocycles. The van der Waals surface area contributed by atoms with Crippen LogP contribution in [0.1, 0.15) is 46.3 Å². The Morgan fingerprint density at radius 3 is 3.23 bits per heavy atom. The van der Waals surface area contributed by atoms with Crippen molar-refractivity contribution in [3.63, 3.8) is 0 Å². The first-order chi connectivity index (χ1) is 10.8. The van der Waals surface area contributed by atoms with Gasteiger partial charge in [0.2, 0.25) is 0 Å². The van der Waals surface area contributed by atoms with Crippen LogP contribution in [0.15, 0.2) is 24.5 Å². The van der Waals surface area contributed by atoms with E-state index in [9.17, 15) is 4.79 Å². The fraction of sp³-hybridized carbons (Fsp3) is 0.438. The number of pyridine rings is 1. The molecule has 2 N–H and O–H groups in total. The number of aromatic amines is 1. The van der Waals surface area contributed by atoms with Crippen molar-refractivity contribution in [2.24, 2.45) is 0 Å². The molecule has 1 fully saturated rings. The minimum atomic E-state index is -0.135. The smallest absolute Gasteiger partial charge is 0.272 e. The maximum atomic E-state index is 12.5. The van der Waals surface area contributed by atoms with E-state index in [0.29, 0.717) is 12.3 Å². The van der Waals surface area contributed by atoms with E-state index in [2.05, 4.69) is 20.5 Å². The second kappa shape index (κ2) is 5.53. The summed E-state index contributed by atoms with van der Waals surface area (Å²) < 4.78 is 5.78. The fourth-order valence-corrected chi connectivity index (χ4v) is 3.35. The first-order valence-corrected chi connectivity index (χ1v) is 7.71. The van der Waals surface area contributed by atoms with Gasteiger partial charge in [-0.3, -0.25) is 14.9 Å². The largest absolute Gasteiger partial charge is 0.371 e. The Morgan fingerprint density at radius 1 is 1.41 bits per heavy atom. The number of H-pyrrole nitrogens is 1. The zero-order chi connectivity index (χ0) is 14.9. The van der Waals surface area contributed by atoms with Crippen LogP contribution in [0.25, 0.3) is 0 Å². The van der Waals surface area contributed by atoms with E-state index in [4.69, 9.17) is 4.74 Å². The summed E-state index contributed by atoms with van der Waals surface area (Å²) in [7, 11) is 0. The fourth-order valence-electron chi connectivity index (χ4n) is 3.35. The Hall–Kier alpha value is -2.21. The normalized spacial score (nSPS) is 23.5. The van der Waals surface area contributed by atoms with Crippen molar-refractivity contribution in [2.45, 2.75) is 37.8 Å². The number of hydrogen-bond acceptors (Lipinski definition) is 4. The molecule has 1 aliphatic heterocycles. The zero-order valence-corrected chi connectivity index (χ0v) is 12.2. The van der Waals surface area contributed by atoms with Gasteiger partial charge in [0.05, 0.1) is 6.04 Å². The Labute approximate surface area is 128 Å². The van der Waals surface area contributed by atoms with Crippen LogP contribution in [-0.2, 0) is 17.6 Å². The molecule has 0 unspecified atom stereocenters.